The van der Waals surface area contributed by atoms with Crippen LogP contribution >= 0.6 is 27.5 Å². The van der Waals surface area contributed by atoms with E-state index in [0.717, 1.165) is 42.1 Å². The van der Waals surface area contributed by atoms with Gasteiger partial charge in [-0.3, -0.25) is 9.69 Å². The van der Waals surface area contributed by atoms with Crippen LogP contribution in [0.25, 0.3) is 0 Å². The number of amides is 1. The number of nitrogens with zero attached hydrogens (tertiary/aromatic N) is 4. The molecule has 0 saturated carbocycles. The second kappa shape index (κ2) is 8.77. The van der Waals surface area contributed by atoms with E-state index in [1.807, 2.05) is 31.2 Å². The molecule has 3 aliphatic heterocycles. The summed E-state index contributed by atoms with van der Waals surface area (Å²) in [6, 6.07) is 24.4. The molecular weight excluding hydrogens is 524 g/mol. The molecule has 1 spiro atoms. The molecule has 3 aromatic carbocycles. The highest BCUT2D eigenvalue weighted by Gasteiger charge is 2.59. The molecule has 0 N–H and O–H groups in total. The lowest BCUT2D eigenvalue weighted by atomic mass is 9.67. The molecule has 3 aliphatic rings. The zero-order chi connectivity index (χ0) is 24.2. The van der Waals surface area contributed by atoms with Crippen LogP contribution in [0.1, 0.15) is 18.1 Å². The van der Waals surface area contributed by atoms with E-state index in [1.165, 1.54) is 16.8 Å². The number of hydrogen-bond donors (Lipinski definition) is 0. The number of carbonyl (C=O) groups excluding carboxylic acids is 1. The molecule has 1 amide bonds. The summed E-state index contributed by atoms with van der Waals surface area (Å²) in [7, 11) is 0. The van der Waals surface area contributed by atoms with Gasteiger partial charge in [-0.15, -0.1) is 0 Å². The molecule has 0 radical (unpaired) electrons. The number of hydrogen-bond acceptors (Lipinski definition) is 4. The highest BCUT2D eigenvalue weighted by atomic mass is 79.9. The molecule has 35 heavy (non-hydrogen) atoms. The van der Waals surface area contributed by atoms with Gasteiger partial charge < -0.3 is 4.90 Å². The second-order valence-corrected chi connectivity index (χ2v) is 11.0. The van der Waals surface area contributed by atoms with Crippen molar-refractivity contribution < 1.29 is 4.79 Å². The van der Waals surface area contributed by atoms with E-state index < -0.39 is 5.41 Å². The van der Waals surface area contributed by atoms with Crippen molar-refractivity contribution in [3.8, 4) is 0 Å². The van der Waals surface area contributed by atoms with Crippen molar-refractivity contribution >= 4 is 50.5 Å². The van der Waals surface area contributed by atoms with Crippen LogP contribution in [0, 0.1) is 5.41 Å². The van der Waals surface area contributed by atoms with Crippen molar-refractivity contribution in [3.05, 3.63) is 93.4 Å². The van der Waals surface area contributed by atoms with Crippen molar-refractivity contribution in [1.29, 1.82) is 0 Å². The van der Waals surface area contributed by atoms with Gasteiger partial charge in [0, 0.05) is 41.4 Å². The third kappa shape index (κ3) is 3.79. The maximum Gasteiger partial charge on any atom is 0.261 e. The minimum Gasteiger partial charge on any atom is -0.364 e. The largest absolute Gasteiger partial charge is 0.364 e. The zero-order valence-corrected chi connectivity index (χ0v) is 21.8. The van der Waals surface area contributed by atoms with Crippen molar-refractivity contribution in [2.75, 3.05) is 29.5 Å². The Kier molecular flexibility index (Phi) is 5.71. The Morgan fingerprint density at radius 1 is 1.06 bits per heavy atom. The van der Waals surface area contributed by atoms with E-state index in [-0.39, 0.29) is 11.9 Å². The first-order valence-electron chi connectivity index (χ1n) is 11.9. The van der Waals surface area contributed by atoms with E-state index in [2.05, 4.69) is 74.3 Å². The molecule has 178 valence electrons. The van der Waals surface area contributed by atoms with Crippen LogP contribution in [0.15, 0.2) is 82.4 Å². The molecule has 1 fully saturated rings. The van der Waals surface area contributed by atoms with E-state index >= 15 is 0 Å². The lowest BCUT2D eigenvalue weighted by Gasteiger charge is -2.53. The molecule has 0 unspecified atom stereocenters. The van der Waals surface area contributed by atoms with Crippen LogP contribution in [0.2, 0.25) is 5.02 Å². The molecule has 6 rings (SSSR count). The first-order chi connectivity index (χ1) is 17.0. The molecule has 5 nitrogen and oxygen atoms in total. The van der Waals surface area contributed by atoms with Gasteiger partial charge in [-0.1, -0.05) is 57.9 Å². The summed E-state index contributed by atoms with van der Waals surface area (Å²) < 4.78 is 1.03. The molecule has 2 atom stereocenters. The molecule has 0 aromatic heterocycles. The minimum absolute atomic E-state index is 0.00203. The lowest BCUT2D eigenvalue weighted by molar-refractivity contribution is -0.125. The Balaban J connectivity index is 1.41. The predicted octanol–water partition coefficient (Wildman–Crippen LogP) is 5.76. The van der Waals surface area contributed by atoms with Gasteiger partial charge in [0.25, 0.3) is 5.91 Å². The number of benzene rings is 3. The SMILES string of the molecule is CC1=NN(c2ccc(Cl)cc2)C(=O)[C@]12Cc1cc(Br)ccc1N1CCN(Cc3ccccc3)C[C@H]12. The summed E-state index contributed by atoms with van der Waals surface area (Å²) in [6.07, 6.45) is 0.639. The van der Waals surface area contributed by atoms with E-state index in [0.29, 0.717) is 11.4 Å². The maximum atomic E-state index is 14.3. The lowest BCUT2D eigenvalue weighted by Crippen LogP contribution is -2.66. The van der Waals surface area contributed by atoms with Gasteiger partial charge in [0.1, 0.15) is 5.41 Å². The van der Waals surface area contributed by atoms with Crippen molar-refractivity contribution in [2.45, 2.75) is 25.9 Å². The summed E-state index contributed by atoms with van der Waals surface area (Å²) in [5.41, 5.74) is 4.62. The van der Waals surface area contributed by atoms with Gasteiger partial charge in [0.05, 0.1) is 17.4 Å². The summed E-state index contributed by atoms with van der Waals surface area (Å²) in [6.45, 7) is 5.51. The smallest absolute Gasteiger partial charge is 0.261 e. The van der Waals surface area contributed by atoms with Crippen LogP contribution in [0.4, 0.5) is 11.4 Å². The maximum absolute atomic E-state index is 14.3. The highest BCUT2D eigenvalue weighted by Crippen LogP contribution is 2.48. The first-order valence-corrected chi connectivity index (χ1v) is 13.1. The van der Waals surface area contributed by atoms with Gasteiger partial charge >= 0.3 is 0 Å². The van der Waals surface area contributed by atoms with Crippen LogP contribution in [0.3, 0.4) is 0 Å². The minimum atomic E-state index is -0.719. The van der Waals surface area contributed by atoms with E-state index in [9.17, 15) is 4.79 Å². The van der Waals surface area contributed by atoms with Crippen LogP contribution in [-0.4, -0.2) is 42.2 Å². The Morgan fingerprint density at radius 3 is 2.60 bits per heavy atom. The standard InChI is InChI=1S/C28H26BrClN4O/c1-19-28(27(35)34(31-19)24-10-8-23(30)9-11-24)16-21-15-22(29)7-12-25(21)33-14-13-32(18-26(28)33)17-20-5-3-2-4-6-20/h2-12,15,26H,13-14,16-18H2,1H3/t26-,28+/m0/s1. The fraction of sp³-hybridized carbons (Fsp3) is 0.286. The fourth-order valence-corrected chi connectivity index (χ4v) is 6.44. The van der Waals surface area contributed by atoms with Gasteiger partial charge in [-0.25, -0.2) is 0 Å². The summed E-state index contributed by atoms with van der Waals surface area (Å²) in [5.74, 6) is 0.0412. The number of rotatable bonds is 3. The normalized spacial score (nSPS) is 23.9. The number of piperazine rings is 1. The average Bonchev–Trinajstić information content (AvgIpc) is 3.10. The Hall–Kier alpha value is -2.67. The number of halogens is 2. The third-order valence-electron chi connectivity index (χ3n) is 7.64. The van der Waals surface area contributed by atoms with Crippen LogP contribution in [0.5, 0.6) is 0 Å². The number of carbonyl (C=O) groups is 1. The Bertz CT molecular complexity index is 1310. The molecule has 0 bridgehead atoms. The quantitative estimate of drug-likeness (QED) is 0.417. The monoisotopic (exact) mass is 548 g/mol. The molecule has 0 aliphatic carbocycles. The summed E-state index contributed by atoms with van der Waals surface area (Å²) >= 11 is 9.76. The average molecular weight is 550 g/mol. The third-order valence-corrected chi connectivity index (χ3v) is 8.39. The summed E-state index contributed by atoms with van der Waals surface area (Å²) in [4.78, 5) is 19.2. The molecule has 3 heterocycles. The van der Waals surface area contributed by atoms with Crippen LogP contribution < -0.4 is 9.91 Å². The zero-order valence-electron chi connectivity index (χ0n) is 19.5. The Labute approximate surface area is 219 Å². The number of fused-ring (bicyclic) bond motifs is 4. The fourth-order valence-electron chi connectivity index (χ4n) is 5.90. The first kappa shape index (κ1) is 22.8. The molecule has 3 aromatic rings. The van der Waals surface area contributed by atoms with Crippen molar-refractivity contribution in [3.63, 3.8) is 0 Å². The van der Waals surface area contributed by atoms with Crippen molar-refractivity contribution in [1.82, 2.24) is 4.90 Å². The highest BCUT2D eigenvalue weighted by molar-refractivity contribution is 9.10. The van der Waals surface area contributed by atoms with Crippen molar-refractivity contribution in [2.24, 2.45) is 10.5 Å². The molecule has 1 saturated heterocycles. The topological polar surface area (TPSA) is 39.2 Å². The number of anilines is 2. The van der Waals surface area contributed by atoms with Crippen LogP contribution in [-0.2, 0) is 17.8 Å². The second-order valence-electron chi connectivity index (χ2n) is 9.63. The van der Waals surface area contributed by atoms with Gasteiger partial charge in [0.15, 0.2) is 0 Å². The Morgan fingerprint density at radius 2 is 1.83 bits per heavy atom. The van der Waals surface area contributed by atoms with E-state index in [1.54, 1.807) is 5.01 Å². The summed E-state index contributed by atoms with van der Waals surface area (Å²) in [5, 5.41) is 7.07. The molecule has 7 heteroatoms. The van der Waals surface area contributed by atoms with Gasteiger partial charge in [-0.2, -0.15) is 10.1 Å². The molecular formula is C28H26BrClN4O. The number of hydrazone groups is 1. The predicted molar refractivity (Wildman–Crippen MR) is 145 cm³/mol. The van der Waals surface area contributed by atoms with E-state index in [4.69, 9.17) is 16.7 Å². The van der Waals surface area contributed by atoms with Gasteiger partial charge in [-0.05, 0) is 66.9 Å². The van der Waals surface area contributed by atoms with Gasteiger partial charge in [0.2, 0.25) is 0 Å².